The molecule has 6 nitrogen and oxygen atoms in total. The lowest BCUT2D eigenvalue weighted by Gasteiger charge is -2.22. The highest BCUT2D eigenvalue weighted by Gasteiger charge is 2.49. The normalized spacial score (nSPS) is 18.9. The van der Waals surface area contributed by atoms with Gasteiger partial charge in [-0.05, 0) is 48.1 Å². The standard InChI is InChI=1S/C23H27N3O3/c1-5-16-7-6-8-19(13-16)24-20(27)14-26-21(28)23(4,25-22(26)29)18-11-9-17(10-12-18)15(2)3/h6-13,15H,5,14H2,1-4H3,(H,24,27)(H,25,29). The van der Waals surface area contributed by atoms with Crippen LogP contribution in [0.3, 0.4) is 0 Å². The maximum Gasteiger partial charge on any atom is 0.325 e. The van der Waals surface area contributed by atoms with E-state index >= 15 is 0 Å². The SMILES string of the molecule is CCc1cccc(NC(=O)CN2C(=O)NC(C)(c3ccc(C(C)C)cc3)C2=O)c1. The predicted octanol–water partition coefficient (Wildman–Crippen LogP) is 3.78. The van der Waals surface area contributed by atoms with Gasteiger partial charge in [0.2, 0.25) is 5.91 Å². The van der Waals surface area contributed by atoms with Crippen LogP contribution < -0.4 is 10.6 Å². The predicted molar refractivity (Wildman–Crippen MR) is 113 cm³/mol. The van der Waals surface area contributed by atoms with Crippen molar-refractivity contribution in [2.75, 3.05) is 11.9 Å². The van der Waals surface area contributed by atoms with E-state index in [2.05, 4.69) is 24.5 Å². The lowest BCUT2D eigenvalue weighted by Crippen LogP contribution is -2.42. The van der Waals surface area contributed by atoms with Gasteiger partial charge in [0, 0.05) is 5.69 Å². The Labute approximate surface area is 171 Å². The summed E-state index contributed by atoms with van der Waals surface area (Å²) in [6.07, 6.45) is 0.852. The van der Waals surface area contributed by atoms with E-state index in [-0.39, 0.29) is 6.54 Å². The third kappa shape index (κ3) is 4.16. The van der Waals surface area contributed by atoms with Gasteiger partial charge in [-0.25, -0.2) is 4.79 Å². The summed E-state index contributed by atoms with van der Waals surface area (Å²) in [4.78, 5) is 38.9. The Balaban J connectivity index is 1.73. The highest BCUT2D eigenvalue weighted by Crippen LogP contribution is 2.30. The number of urea groups is 1. The molecular formula is C23H27N3O3. The van der Waals surface area contributed by atoms with Crippen molar-refractivity contribution in [3.63, 3.8) is 0 Å². The van der Waals surface area contributed by atoms with Crippen LogP contribution in [0.15, 0.2) is 48.5 Å². The van der Waals surface area contributed by atoms with Gasteiger partial charge in [0.25, 0.3) is 5.91 Å². The molecule has 1 atom stereocenters. The van der Waals surface area contributed by atoms with Gasteiger partial charge in [-0.2, -0.15) is 0 Å². The van der Waals surface area contributed by atoms with E-state index < -0.39 is 23.4 Å². The van der Waals surface area contributed by atoms with Crippen LogP contribution in [0.1, 0.15) is 50.3 Å². The zero-order valence-corrected chi connectivity index (χ0v) is 17.3. The fourth-order valence-corrected chi connectivity index (χ4v) is 3.45. The van der Waals surface area contributed by atoms with Crippen molar-refractivity contribution in [3.05, 3.63) is 65.2 Å². The molecule has 0 bridgehead atoms. The van der Waals surface area contributed by atoms with E-state index in [0.717, 1.165) is 22.4 Å². The van der Waals surface area contributed by atoms with Gasteiger partial charge >= 0.3 is 6.03 Å². The summed E-state index contributed by atoms with van der Waals surface area (Å²) in [7, 11) is 0. The fourth-order valence-electron chi connectivity index (χ4n) is 3.45. The Kier molecular flexibility index (Phi) is 5.73. The van der Waals surface area contributed by atoms with Crippen molar-refractivity contribution >= 4 is 23.5 Å². The number of benzene rings is 2. The minimum absolute atomic E-state index is 0.333. The second-order valence-electron chi connectivity index (χ2n) is 7.83. The number of amides is 4. The van der Waals surface area contributed by atoms with Gasteiger partial charge < -0.3 is 10.6 Å². The number of rotatable bonds is 6. The van der Waals surface area contributed by atoms with Crippen molar-refractivity contribution in [2.24, 2.45) is 0 Å². The van der Waals surface area contributed by atoms with Gasteiger partial charge in [-0.1, -0.05) is 57.2 Å². The number of hydrogen-bond donors (Lipinski definition) is 2. The molecule has 152 valence electrons. The average Bonchev–Trinajstić information content (AvgIpc) is 2.92. The zero-order chi connectivity index (χ0) is 21.2. The largest absolute Gasteiger partial charge is 0.325 e. The van der Waals surface area contributed by atoms with Crippen molar-refractivity contribution < 1.29 is 14.4 Å². The Hall–Kier alpha value is -3.15. The van der Waals surface area contributed by atoms with E-state index in [1.807, 2.05) is 49.4 Å². The molecule has 0 aliphatic carbocycles. The highest BCUT2D eigenvalue weighted by atomic mass is 16.2. The first kappa shape index (κ1) is 20.6. The number of nitrogens with zero attached hydrogens (tertiary/aromatic N) is 1. The Morgan fingerprint density at radius 2 is 1.83 bits per heavy atom. The quantitative estimate of drug-likeness (QED) is 0.733. The summed E-state index contributed by atoms with van der Waals surface area (Å²) >= 11 is 0. The van der Waals surface area contributed by atoms with Crippen LogP contribution >= 0.6 is 0 Å². The summed E-state index contributed by atoms with van der Waals surface area (Å²) in [5.41, 5.74) is 2.40. The first-order valence-electron chi connectivity index (χ1n) is 9.88. The number of carbonyl (C=O) groups is 3. The van der Waals surface area contributed by atoms with E-state index in [4.69, 9.17) is 0 Å². The van der Waals surface area contributed by atoms with Crippen molar-refractivity contribution in [1.82, 2.24) is 10.2 Å². The van der Waals surface area contributed by atoms with Crippen LogP contribution in [0.4, 0.5) is 10.5 Å². The van der Waals surface area contributed by atoms with Crippen LogP contribution in [-0.4, -0.2) is 29.3 Å². The molecule has 0 spiro atoms. The van der Waals surface area contributed by atoms with E-state index in [1.165, 1.54) is 0 Å². The van der Waals surface area contributed by atoms with Crippen LogP contribution in [0.25, 0.3) is 0 Å². The second-order valence-corrected chi connectivity index (χ2v) is 7.83. The van der Waals surface area contributed by atoms with E-state index in [1.54, 1.807) is 13.0 Å². The minimum atomic E-state index is -1.19. The first-order valence-corrected chi connectivity index (χ1v) is 9.88. The summed E-state index contributed by atoms with van der Waals surface area (Å²) in [5, 5.41) is 5.50. The van der Waals surface area contributed by atoms with Gasteiger partial charge in [0.15, 0.2) is 0 Å². The molecular weight excluding hydrogens is 366 g/mol. The van der Waals surface area contributed by atoms with Gasteiger partial charge in [0.1, 0.15) is 12.1 Å². The molecule has 1 fully saturated rings. The van der Waals surface area contributed by atoms with Crippen molar-refractivity contribution in [3.8, 4) is 0 Å². The zero-order valence-electron chi connectivity index (χ0n) is 17.3. The molecule has 2 aromatic rings. The van der Waals surface area contributed by atoms with Gasteiger partial charge in [-0.15, -0.1) is 0 Å². The summed E-state index contributed by atoms with van der Waals surface area (Å²) in [6, 6.07) is 14.6. The minimum Gasteiger partial charge on any atom is -0.325 e. The lowest BCUT2D eigenvalue weighted by atomic mass is 9.90. The lowest BCUT2D eigenvalue weighted by molar-refractivity contribution is -0.133. The number of carbonyl (C=O) groups excluding carboxylic acids is 3. The maximum absolute atomic E-state index is 13.0. The molecule has 1 heterocycles. The van der Waals surface area contributed by atoms with Gasteiger partial charge in [-0.3, -0.25) is 14.5 Å². The number of hydrogen-bond acceptors (Lipinski definition) is 3. The van der Waals surface area contributed by atoms with Gasteiger partial charge in [0.05, 0.1) is 0 Å². The van der Waals surface area contributed by atoms with Crippen LogP contribution in [0.2, 0.25) is 0 Å². The molecule has 3 rings (SSSR count). The topological polar surface area (TPSA) is 78.5 Å². The molecule has 0 aromatic heterocycles. The molecule has 0 radical (unpaired) electrons. The molecule has 1 aliphatic heterocycles. The fraction of sp³-hybridized carbons (Fsp3) is 0.348. The summed E-state index contributed by atoms with van der Waals surface area (Å²) in [6.45, 7) is 7.55. The smallest absolute Gasteiger partial charge is 0.325 e. The molecule has 29 heavy (non-hydrogen) atoms. The molecule has 1 aliphatic rings. The maximum atomic E-state index is 13.0. The monoisotopic (exact) mass is 393 g/mol. The van der Waals surface area contributed by atoms with Crippen LogP contribution in [0, 0.1) is 0 Å². The van der Waals surface area contributed by atoms with Crippen molar-refractivity contribution in [1.29, 1.82) is 0 Å². The molecule has 0 saturated carbocycles. The van der Waals surface area contributed by atoms with E-state index in [0.29, 0.717) is 17.2 Å². The molecule has 1 unspecified atom stereocenters. The third-order valence-corrected chi connectivity index (χ3v) is 5.35. The molecule has 2 aromatic carbocycles. The number of imide groups is 1. The second kappa shape index (κ2) is 8.07. The van der Waals surface area contributed by atoms with Crippen LogP contribution in [0.5, 0.6) is 0 Å². The Bertz CT molecular complexity index is 937. The Morgan fingerprint density at radius 1 is 1.14 bits per heavy atom. The highest BCUT2D eigenvalue weighted by molar-refractivity contribution is 6.10. The molecule has 1 saturated heterocycles. The molecule has 4 amide bonds. The molecule has 6 heteroatoms. The number of anilines is 1. The summed E-state index contributed by atoms with van der Waals surface area (Å²) < 4.78 is 0. The third-order valence-electron chi connectivity index (χ3n) is 5.35. The van der Waals surface area contributed by atoms with E-state index in [9.17, 15) is 14.4 Å². The first-order chi connectivity index (χ1) is 13.7. The van der Waals surface area contributed by atoms with Crippen molar-refractivity contribution in [2.45, 2.75) is 45.6 Å². The average molecular weight is 393 g/mol. The molecule has 2 N–H and O–H groups in total. The number of nitrogens with one attached hydrogen (secondary N) is 2. The van der Waals surface area contributed by atoms with Crippen LogP contribution in [-0.2, 0) is 21.5 Å². The Morgan fingerprint density at radius 3 is 2.45 bits per heavy atom. The number of aryl methyl sites for hydroxylation is 1. The summed E-state index contributed by atoms with van der Waals surface area (Å²) in [5.74, 6) is -0.476.